The van der Waals surface area contributed by atoms with Gasteiger partial charge in [0.15, 0.2) is 0 Å². The lowest BCUT2D eigenvalue weighted by Gasteiger charge is -2.33. The summed E-state index contributed by atoms with van der Waals surface area (Å²) in [5.41, 5.74) is 7.80. The zero-order chi connectivity index (χ0) is 12.8. The summed E-state index contributed by atoms with van der Waals surface area (Å²) in [4.78, 5) is 7.18. The first-order valence-corrected chi connectivity index (χ1v) is 7.22. The fourth-order valence-corrected chi connectivity index (χ4v) is 2.88. The van der Waals surface area contributed by atoms with Gasteiger partial charge in [0.2, 0.25) is 0 Å². The number of pyridine rings is 1. The van der Waals surface area contributed by atoms with Gasteiger partial charge in [-0.3, -0.25) is 9.88 Å². The molecule has 1 saturated carbocycles. The van der Waals surface area contributed by atoms with Crippen LogP contribution in [-0.2, 0) is 13.1 Å². The van der Waals surface area contributed by atoms with Crippen LogP contribution in [0.3, 0.4) is 0 Å². The molecule has 0 aromatic carbocycles. The summed E-state index contributed by atoms with van der Waals surface area (Å²) in [5.74, 6) is 0. The molecular weight excluding hydrogens is 222 g/mol. The van der Waals surface area contributed by atoms with Crippen molar-refractivity contribution in [2.45, 2.75) is 58.2 Å². The first-order chi connectivity index (χ1) is 8.83. The molecule has 3 nitrogen and oxygen atoms in total. The molecule has 1 fully saturated rings. The standard InChI is InChI=1S/C15H25N3/c1-2-18(15-9-4-3-5-10-15)12-14-8-6-7-13(11-16)17-14/h6-8,15H,2-5,9-12,16H2,1H3. The lowest BCUT2D eigenvalue weighted by Crippen LogP contribution is -2.36. The lowest BCUT2D eigenvalue weighted by molar-refractivity contribution is 0.154. The second-order valence-corrected chi connectivity index (χ2v) is 5.18. The van der Waals surface area contributed by atoms with Gasteiger partial charge >= 0.3 is 0 Å². The Hall–Kier alpha value is -0.930. The summed E-state index contributed by atoms with van der Waals surface area (Å²) in [5, 5.41) is 0. The third kappa shape index (κ3) is 3.53. The van der Waals surface area contributed by atoms with Crippen LogP contribution in [0.5, 0.6) is 0 Å². The van der Waals surface area contributed by atoms with E-state index < -0.39 is 0 Å². The lowest BCUT2D eigenvalue weighted by atomic mass is 9.94. The minimum atomic E-state index is 0.531. The van der Waals surface area contributed by atoms with Gasteiger partial charge in [0.1, 0.15) is 0 Å². The molecule has 0 atom stereocenters. The average molecular weight is 247 g/mol. The Morgan fingerprint density at radius 3 is 2.61 bits per heavy atom. The van der Waals surface area contributed by atoms with Crippen molar-refractivity contribution in [1.29, 1.82) is 0 Å². The van der Waals surface area contributed by atoms with Gasteiger partial charge in [0.25, 0.3) is 0 Å². The molecule has 0 saturated heterocycles. The number of hydrogen-bond acceptors (Lipinski definition) is 3. The fraction of sp³-hybridized carbons (Fsp3) is 0.667. The van der Waals surface area contributed by atoms with Gasteiger partial charge in [-0.15, -0.1) is 0 Å². The Labute approximate surface area is 110 Å². The van der Waals surface area contributed by atoms with E-state index in [1.54, 1.807) is 0 Å². The van der Waals surface area contributed by atoms with Crippen LogP contribution in [0.2, 0.25) is 0 Å². The van der Waals surface area contributed by atoms with Crippen LogP contribution in [0.1, 0.15) is 50.4 Å². The minimum Gasteiger partial charge on any atom is -0.325 e. The number of aromatic nitrogens is 1. The highest BCUT2D eigenvalue weighted by Gasteiger charge is 2.20. The van der Waals surface area contributed by atoms with E-state index in [1.165, 1.54) is 32.1 Å². The van der Waals surface area contributed by atoms with Crippen LogP contribution in [-0.4, -0.2) is 22.5 Å². The summed E-state index contributed by atoms with van der Waals surface area (Å²) in [6.07, 6.45) is 6.89. The van der Waals surface area contributed by atoms with E-state index in [-0.39, 0.29) is 0 Å². The first kappa shape index (κ1) is 13.5. The van der Waals surface area contributed by atoms with Crippen LogP contribution < -0.4 is 5.73 Å². The number of nitrogens with two attached hydrogens (primary N) is 1. The Bertz CT molecular complexity index is 359. The second kappa shape index (κ2) is 6.86. The van der Waals surface area contributed by atoms with Gasteiger partial charge in [0, 0.05) is 19.1 Å². The van der Waals surface area contributed by atoms with Crippen molar-refractivity contribution < 1.29 is 0 Å². The topological polar surface area (TPSA) is 42.1 Å². The molecule has 0 amide bonds. The van der Waals surface area contributed by atoms with E-state index in [0.29, 0.717) is 6.54 Å². The highest BCUT2D eigenvalue weighted by Crippen LogP contribution is 2.23. The molecule has 18 heavy (non-hydrogen) atoms. The van der Waals surface area contributed by atoms with Crippen molar-refractivity contribution in [2.24, 2.45) is 5.73 Å². The molecule has 3 heteroatoms. The van der Waals surface area contributed by atoms with Gasteiger partial charge in [-0.25, -0.2) is 0 Å². The van der Waals surface area contributed by atoms with Crippen LogP contribution >= 0.6 is 0 Å². The van der Waals surface area contributed by atoms with Crippen molar-refractivity contribution in [1.82, 2.24) is 9.88 Å². The van der Waals surface area contributed by atoms with Gasteiger partial charge < -0.3 is 5.73 Å². The monoisotopic (exact) mass is 247 g/mol. The van der Waals surface area contributed by atoms with Crippen molar-refractivity contribution in [2.75, 3.05) is 6.54 Å². The molecule has 1 aliphatic carbocycles. The zero-order valence-corrected chi connectivity index (χ0v) is 11.4. The molecule has 0 aliphatic heterocycles. The maximum atomic E-state index is 5.65. The highest BCUT2D eigenvalue weighted by molar-refractivity contribution is 5.11. The molecular formula is C15H25N3. The molecule has 0 unspecified atom stereocenters. The number of hydrogen-bond donors (Lipinski definition) is 1. The molecule has 1 heterocycles. The number of rotatable bonds is 5. The second-order valence-electron chi connectivity index (χ2n) is 5.18. The summed E-state index contributed by atoms with van der Waals surface area (Å²) in [6, 6.07) is 6.94. The Kier molecular flexibility index (Phi) is 5.14. The molecule has 2 rings (SSSR count). The van der Waals surface area contributed by atoms with Crippen molar-refractivity contribution in [3.05, 3.63) is 29.6 Å². The molecule has 1 aliphatic rings. The summed E-state index contributed by atoms with van der Waals surface area (Å²) in [6.45, 7) is 4.86. The van der Waals surface area contributed by atoms with E-state index in [0.717, 1.165) is 30.5 Å². The third-order valence-corrected chi connectivity index (χ3v) is 3.94. The minimum absolute atomic E-state index is 0.531. The van der Waals surface area contributed by atoms with Crippen molar-refractivity contribution >= 4 is 0 Å². The predicted octanol–water partition coefficient (Wildman–Crippen LogP) is 2.69. The van der Waals surface area contributed by atoms with Gasteiger partial charge in [-0.2, -0.15) is 0 Å². The molecule has 0 radical (unpaired) electrons. The normalized spacial score (nSPS) is 17.3. The van der Waals surface area contributed by atoms with Crippen LogP contribution in [0.15, 0.2) is 18.2 Å². The Morgan fingerprint density at radius 2 is 1.94 bits per heavy atom. The molecule has 1 aromatic rings. The number of nitrogens with zero attached hydrogens (tertiary/aromatic N) is 2. The van der Waals surface area contributed by atoms with Gasteiger partial charge in [-0.05, 0) is 31.5 Å². The molecule has 1 aromatic heterocycles. The zero-order valence-electron chi connectivity index (χ0n) is 11.4. The summed E-state index contributed by atoms with van der Waals surface area (Å²) in [7, 11) is 0. The van der Waals surface area contributed by atoms with E-state index in [9.17, 15) is 0 Å². The highest BCUT2D eigenvalue weighted by atomic mass is 15.2. The largest absolute Gasteiger partial charge is 0.325 e. The molecule has 100 valence electrons. The van der Waals surface area contributed by atoms with Crippen LogP contribution in [0, 0.1) is 0 Å². The van der Waals surface area contributed by atoms with E-state index >= 15 is 0 Å². The van der Waals surface area contributed by atoms with E-state index in [4.69, 9.17) is 5.73 Å². The maximum absolute atomic E-state index is 5.65. The van der Waals surface area contributed by atoms with Crippen LogP contribution in [0.25, 0.3) is 0 Å². The third-order valence-electron chi connectivity index (χ3n) is 3.94. The Balaban J connectivity index is 1.99. The van der Waals surface area contributed by atoms with Crippen LogP contribution in [0.4, 0.5) is 0 Å². The summed E-state index contributed by atoms with van der Waals surface area (Å²) >= 11 is 0. The van der Waals surface area contributed by atoms with Crippen molar-refractivity contribution in [3.63, 3.8) is 0 Å². The smallest absolute Gasteiger partial charge is 0.0547 e. The maximum Gasteiger partial charge on any atom is 0.0547 e. The van der Waals surface area contributed by atoms with Gasteiger partial charge in [0.05, 0.1) is 11.4 Å². The molecule has 0 bridgehead atoms. The van der Waals surface area contributed by atoms with E-state index in [1.807, 2.05) is 6.07 Å². The predicted molar refractivity (Wildman–Crippen MR) is 75.1 cm³/mol. The fourth-order valence-electron chi connectivity index (χ4n) is 2.88. The van der Waals surface area contributed by atoms with Crippen molar-refractivity contribution in [3.8, 4) is 0 Å². The molecule has 2 N–H and O–H groups in total. The summed E-state index contributed by atoms with van der Waals surface area (Å²) < 4.78 is 0. The first-order valence-electron chi connectivity index (χ1n) is 7.22. The molecule has 0 spiro atoms. The SMILES string of the molecule is CCN(Cc1cccc(CN)n1)C1CCCCC1. The average Bonchev–Trinajstić information content (AvgIpc) is 2.46. The van der Waals surface area contributed by atoms with Gasteiger partial charge in [-0.1, -0.05) is 32.3 Å². The van der Waals surface area contributed by atoms with E-state index in [2.05, 4.69) is 28.9 Å². The Morgan fingerprint density at radius 1 is 1.22 bits per heavy atom. The quantitative estimate of drug-likeness (QED) is 0.870.